The van der Waals surface area contributed by atoms with Gasteiger partial charge in [0.15, 0.2) is 0 Å². The van der Waals surface area contributed by atoms with Crippen molar-refractivity contribution in [2.24, 2.45) is 0 Å². The highest BCUT2D eigenvalue weighted by molar-refractivity contribution is 9.10. The van der Waals surface area contributed by atoms with Gasteiger partial charge in [-0.05, 0) is 35.0 Å². The first-order valence-electron chi connectivity index (χ1n) is 3.90. The third kappa shape index (κ3) is 1.42. The van der Waals surface area contributed by atoms with Gasteiger partial charge in [0.1, 0.15) is 11.3 Å². The van der Waals surface area contributed by atoms with E-state index in [2.05, 4.69) is 21.0 Å². The molecule has 3 nitrogen and oxygen atoms in total. The number of hydrogen-bond acceptors (Lipinski definition) is 2. The predicted molar refractivity (Wildman–Crippen MR) is 54.2 cm³/mol. The third-order valence-electron chi connectivity index (χ3n) is 1.84. The van der Waals surface area contributed by atoms with Crippen LogP contribution in [0.1, 0.15) is 5.69 Å². The van der Waals surface area contributed by atoms with E-state index in [0.29, 0.717) is 0 Å². The highest BCUT2D eigenvalue weighted by atomic mass is 79.9. The Morgan fingerprint density at radius 3 is 2.92 bits per heavy atom. The molecule has 0 amide bonds. The monoisotopic (exact) mass is 240 g/mol. The Labute approximate surface area is 84.4 Å². The van der Waals surface area contributed by atoms with E-state index in [1.165, 1.54) is 0 Å². The molecule has 0 atom stereocenters. The molecule has 13 heavy (non-hydrogen) atoms. The SMILES string of the molecule is COc1cc(Br)cn2nc(C)cc12. The van der Waals surface area contributed by atoms with Gasteiger partial charge in [-0.1, -0.05) is 0 Å². The standard InChI is InChI=1S/C9H9BrN2O/c1-6-3-8-9(13-2)4-7(10)5-12(8)11-6/h3-5H,1-2H3. The van der Waals surface area contributed by atoms with Gasteiger partial charge in [-0.2, -0.15) is 5.10 Å². The second-order valence-electron chi connectivity index (χ2n) is 2.84. The van der Waals surface area contributed by atoms with Crippen LogP contribution in [0.25, 0.3) is 5.52 Å². The number of halogens is 1. The van der Waals surface area contributed by atoms with Crippen molar-refractivity contribution < 1.29 is 4.74 Å². The molecule has 0 aliphatic rings. The molecular formula is C9H9BrN2O. The largest absolute Gasteiger partial charge is 0.494 e. The normalized spacial score (nSPS) is 10.7. The van der Waals surface area contributed by atoms with E-state index in [-0.39, 0.29) is 0 Å². The second kappa shape index (κ2) is 3.03. The number of aromatic nitrogens is 2. The molecule has 0 N–H and O–H groups in total. The highest BCUT2D eigenvalue weighted by Crippen LogP contribution is 2.24. The van der Waals surface area contributed by atoms with E-state index in [0.717, 1.165) is 21.4 Å². The number of fused-ring (bicyclic) bond motifs is 1. The molecule has 0 aliphatic heterocycles. The molecule has 0 radical (unpaired) electrons. The Bertz CT molecular complexity index is 450. The average Bonchev–Trinajstić information content (AvgIpc) is 2.43. The lowest BCUT2D eigenvalue weighted by Crippen LogP contribution is -1.91. The molecule has 0 unspecified atom stereocenters. The van der Waals surface area contributed by atoms with Crippen molar-refractivity contribution in [1.29, 1.82) is 0 Å². The maximum Gasteiger partial charge on any atom is 0.145 e. The van der Waals surface area contributed by atoms with Crippen LogP contribution in [0.2, 0.25) is 0 Å². The molecule has 0 spiro atoms. The van der Waals surface area contributed by atoms with Crippen molar-refractivity contribution in [2.45, 2.75) is 6.92 Å². The average molecular weight is 241 g/mol. The summed E-state index contributed by atoms with van der Waals surface area (Å²) in [4.78, 5) is 0. The van der Waals surface area contributed by atoms with Gasteiger partial charge in [0, 0.05) is 10.7 Å². The molecule has 4 heteroatoms. The topological polar surface area (TPSA) is 26.5 Å². The van der Waals surface area contributed by atoms with Gasteiger partial charge in [0.25, 0.3) is 0 Å². The lowest BCUT2D eigenvalue weighted by molar-refractivity contribution is 0.417. The van der Waals surface area contributed by atoms with E-state index in [1.807, 2.05) is 25.3 Å². The summed E-state index contributed by atoms with van der Waals surface area (Å²) < 4.78 is 7.99. The fourth-order valence-electron chi connectivity index (χ4n) is 1.32. The quantitative estimate of drug-likeness (QED) is 0.766. The maximum atomic E-state index is 5.23. The summed E-state index contributed by atoms with van der Waals surface area (Å²) in [6.07, 6.45) is 1.91. The first-order valence-corrected chi connectivity index (χ1v) is 4.69. The zero-order valence-corrected chi connectivity index (χ0v) is 9.00. The summed E-state index contributed by atoms with van der Waals surface area (Å²) in [7, 11) is 1.66. The van der Waals surface area contributed by atoms with Crippen LogP contribution in [-0.4, -0.2) is 16.7 Å². The van der Waals surface area contributed by atoms with Gasteiger partial charge in [-0.15, -0.1) is 0 Å². The maximum absolute atomic E-state index is 5.23. The first kappa shape index (κ1) is 8.56. The number of aryl methyl sites for hydroxylation is 1. The molecule has 0 bridgehead atoms. The highest BCUT2D eigenvalue weighted by Gasteiger charge is 2.05. The Morgan fingerprint density at radius 2 is 2.23 bits per heavy atom. The Balaban J connectivity index is 2.80. The van der Waals surface area contributed by atoms with Crippen molar-refractivity contribution >= 4 is 21.4 Å². The van der Waals surface area contributed by atoms with Crippen molar-refractivity contribution in [3.05, 3.63) is 28.5 Å². The Morgan fingerprint density at radius 1 is 1.46 bits per heavy atom. The van der Waals surface area contributed by atoms with Crippen LogP contribution >= 0.6 is 15.9 Å². The molecule has 0 fully saturated rings. The number of nitrogens with zero attached hydrogens (tertiary/aromatic N) is 2. The van der Waals surface area contributed by atoms with Gasteiger partial charge in [0.2, 0.25) is 0 Å². The van der Waals surface area contributed by atoms with Crippen LogP contribution < -0.4 is 4.74 Å². The smallest absolute Gasteiger partial charge is 0.145 e. The van der Waals surface area contributed by atoms with Crippen molar-refractivity contribution in [3.63, 3.8) is 0 Å². The second-order valence-corrected chi connectivity index (χ2v) is 3.76. The van der Waals surface area contributed by atoms with Crippen LogP contribution in [0.15, 0.2) is 22.8 Å². The first-order chi connectivity index (χ1) is 6.20. The summed E-state index contributed by atoms with van der Waals surface area (Å²) in [5.74, 6) is 0.829. The number of ether oxygens (including phenoxy) is 1. The van der Waals surface area contributed by atoms with E-state index < -0.39 is 0 Å². The van der Waals surface area contributed by atoms with Gasteiger partial charge >= 0.3 is 0 Å². The third-order valence-corrected chi connectivity index (χ3v) is 2.28. The molecule has 0 aromatic carbocycles. The molecule has 0 aliphatic carbocycles. The lowest BCUT2D eigenvalue weighted by atomic mass is 10.3. The minimum absolute atomic E-state index is 0.829. The molecule has 2 aromatic rings. The van der Waals surface area contributed by atoms with E-state index in [4.69, 9.17) is 4.74 Å². The van der Waals surface area contributed by atoms with Gasteiger partial charge in [-0.3, -0.25) is 0 Å². The van der Waals surface area contributed by atoms with Crippen LogP contribution in [0, 0.1) is 6.92 Å². The van der Waals surface area contributed by atoms with Crippen LogP contribution in [0.4, 0.5) is 0 Å². The minimum Gasteiger partial charge on any atom is -0.494 e. The van der Waals surface area contributed by atoms with Crippen LogP contribution in [0.3, 0.4) is 0 Å². The van der Waals surface area contributed by atoms with Crippen molar-refractivity contribution in [2.75, 3.05) is 7.11 Å². The van der Waals surface area contributed by atoms with Crippen molar-refractivity contribution in [3.8, 4) is 5.75 Å². The summed E-state index contributed by atoms with van der Waals surface area (Å²) in [5.41, 5.74) is 1.97. The summed E-state index contributed by atoms with van der Waals surface area (Å²) in [5, 5.41) is 4.29. The number of rotatable bonds is 1. The van der Waals surface area contributed by atoms with Gasteiger partial charge < -0.3 is 4.74 Å². The predicted octanol–water partition coefficient (Wildman–Crippen LogP) is 2.41. The fourth-order valence-corrected chi connectivity index (χ4v) is 1.72. The van der Waals surface area contributed by atoms with Crippen LogP contribution in [-0.2, 0) is 0 Å². The summed E-state index contributed by atoms with van der Waals surface area (Å²) in [6, 6.07) is 3.92. The molecule has 2 rings (SSSR count). The van der Waals surface area contributed by atoms with E-state index >= 15 is 0 Å². The summed E-state index contributed by atoms with van der Waals surface area (Å²) >= 11 is 3.39. The zero-order chi connectivity index (χ0) is 9.42. The molecule has 2 heterocycles. The van der Waals surface area contributed by atoms with E-state index in [1.54, 1.807) is 11.6 Å². The minimum atomic E-state index is 0.829. The van der Waals surface area contributed by atoms with E-state index in [9.17, 15) is 0 Å². The van der Waals surface area contributed by atoms with Crippen molar-refractivity contribution in [1.82, 2.24) is 9.61 Å². The van der Waals surface area contributed by atoms with Crippen LogP contribution in [0.5, 0.6) is 5.75 Å². The zero-order valence-electron chi connectivity index (χ0n) is 7.41. The molecule has 68 valence electrons. The molecule has 2 aromatic heterocycles. The molecule has 0 saturated heterocycles. The number of hydrogen-bond donors (Lipinski definition) is 0. The van der Waals surface area contributed by atoms with Gasteiger partial charge in [0.05, 0.1) is 12.8 Å². The summed E-state index contributed by atoms with van der Waals surface area (Å²) in [6.45, 7) is 1.96. The molecular weight excluding hydrogens is 232 g/mol. The lowest BCUT2D eigenvalue weighted by Gasteiger charge is -2.02. The number of methoxy groups -OCH3 is 1. The Hall–Kier alpha value is -1.03. The molecule has 0 saturated carbocycles. The fraction of sp³-hybridized carbons (Fsp3) is 0.222. The number of pyridine rings is 1. The Kier molecular flexibility index (Phi) is 2.00. The van der Waals surface area contributed by atoms with Gasteiger partial charge in [-0.25, -0.2) is 4.52 Å².